The van der Waals surface area contributed by atoms with Gasteiger partial charge in [0.15, 0.2) is 0 Å². The lowest BCUT2D eigenvalue weighted by Gasteiger charge is -2.35. The fourth-order valence-corrected chi connectivity index (χ4v) is 2.65. The van der Waals surface area contributed by atoms with Crippen LogP contribution in [0.25, 0.3) is 0 Å². The van der Waals surface area contributed by atoms with Gasteiger partial charge in [0.1, 0.15) is 0 Å². The van der Waals surface area contributed by atoms with Gasteiger partial charge in [-0.05, 0) is 19.8 Å². The third-order valence-electron chi connectivity index (χ3n) is 3.73. The summed E-state index contributed by atoms with van der Waals surface area (Å²) >= 11 is 0. The molecule has 0 aromatic heterocycles. The van der Waals surface area contributed by atoms with Gasteiger partial charge in [0.25, 0.3) is 0 Å². The van der Waals surface area contributed by atoms with Crippen LogP contribution in [0.3, 0.4) is 0 Å². The predicted octanol–water partition coefficient (Wildman–Crippen LogP) is 1.24. The zero-order valence-electron chi connectivity index (χ0n) is 11.6. The van der Waals surface area contributed by atoms with E-state index in [1.54, 1.807) is 14.2 Å². The van der Waals surface area contributed by atoms with Crippen molar-refractivity contribution in [2.45, 2.75) is 44.2 Å². The third-order valence-corrected chi connectivity index (χ3v) is 3.73. The Hall–Kier alpha value is -0.160. The van der Waals surface area contributed by atoms with Gasteiger partial charge in [0.05, 0.1) is 13.2 Å². The fraction of sp³-hybridized carbons (Fsp3) is 1.00. The SMILES string of the molecule is COCCN(CC1(N)CCCC1)C(C)COC. The second-order valence-corrected chi connectivity index (χ2v) is 5.34. The maximum atomic E-state index is 6.44. The number of hydrogen-bond acceptors (Lipinski definition) is 4. The van der Waals surface area contributed by atoms with E-state index in [-0.39, 0.29) is 5.54 Å². The van der Waals surface area contributed by atoms with E-state index in [0.29, 0.717) is 6.04 Å². The fourth-order valence-electron chi connectivity index (χ4n) is 2.65. The minimum absolute atomic E-state index is 0.00967. The Morgan fingerprint density at radius 1 is 1.24 bits per heavy atom. The van der Waals surface area contributed by atoms with Crippen LogP contribution < -0.4 is 5.73 Å². The monoisotopic (exact) mass is 244 g/mol. The van der Waals surface area contributed by atoms with Crippen molar-refractivity contribution in [1.82, 2.24) is 4.90 Å². The highest BCUT2D eigenvalue weighted by atomic mass is 16.5. The van der Waals surface area contributed by atoms with Crippen LogP contribution in [0.1, 0.15) is 32.6 Å². The van der Waals surface area contributed by atoms with Crippen LogP contribution in [-0.4, -0.2) is 57.0 Å². The molecule has 4 heteroatoms. The summed E-state index contributed by atoms with van der Waals surface area (Å²) in [5, 5.41) is 0. The molecule has 1 saturated carbocycles. The van der Waals surface area contributed by atoms with Crippen LogP contribution in [0, 0.1) is 0 Å². The molecular weight excluding hydrogens is 216 g/mol. The summed E-state index contributed by atoms with van der Waals surface area (Å²) in [6.07, 6.45) is 4.84. The van der Waals surface area contributed by atoms with Crippen molar-refractivity contribution in [2.24, 2.45) is 5.73 Å². The van der Waals surface area contributed by atoms with E-state index in [4.69, 9.17) is 15.2 Å². The van der Waals surface area contributed by atoms with E-state index in [9.17, 15) is 0 Å². The summed E-state index contributed by atoms with van der Waals surface area (Å²) in [5.41, 5.74) is 6.45. The molecule has 0 heterocycles. The van der Waals surface area contributed by atoms with E-state index in [1.165, 1.54) is 12.8 Å². The van der Waals surface area contributed by atoms with Crippen LogP contribution in [0.15, 0.2) is 0 Å². The van der Waals surface area contributed by atoms with Gasteiger partial charge in [0, 0.05) is 38.9 Å². The van der Waals surface area contributed by atoms with Gasteiger partial charge in [0.2, 0.25) is 0 Å². The van der Waals surface area contributed by atoms with Gasteiger partial charge in [-0.25, -0.2) is 0 Å². The maximum absolute atomic E-state index is 6.44. The average Bonchev–Trinajstić information content (AvgIpc) is 2.72. The minimum Gasteiger partial charge on any atom is -0.383 e. The first-order chi connectivity index (χ1) is 8.11. The molecule has 0 aromatic carbocycles. The van der Waals surface area contributed by atoms with Crippen LogP contribution in [-0.2, 0) is 9.47 Å². The van der Waals surface area contributed by atoms with E-state index >= 15 is 0 Å². The van der Waals surface area contributed by atoms with Gasteiger partial charge in [-0.15, -0.1) is 0 Å². The lowest BCUT2D eigenvalue weighted by molar-refractivity contribution is 0.0607. The standard InChI is InChI=1S/C13H28N2O2/c1-12(10-17-3)15(8-9-16-2)11-13(14)6-4-5-7-13/h12H,4-11,14H2,1-3H3. The molecule has 2 N–H and O–H groups in total. The lowest BCUT2D eigenvalue weighted by atomic mass is 9.97. The summed E-state index contributed by atoms with van der Waals surface area (Å²) in [4.78, 5) is 2.40. The molecule has 1 unspecified atom stereocenters. The van der Waals surface area contributed by atoms with E-state index < -0.39 is 0 Å². The molecule has 0 amide bonds. The van der Waals surface area contributed by atoms with E-state index in [1.807, 2.05) is 0 Å². The number of nitrogens with two attached hydrogens (primary N) is 1. The predicted molar refractivity (Wildman–Crippen MR) is 70.2 cm³/mol. The summed E-state index contributed by atoms with van der Waals surface area (Å²) in [6.45, 7) is 5.59. The molecule has 1 aliphatic carbocycles. The summed E-state index contributed by atoms with van der Waals surface area (Å²) in [7, 11) is 3.49. The quantitative estimate of drug-likeness (QED) is 0.698. The number of nitrogens with zero attached hydrogens (tertiary/aromatic N) is 1. The second kappa shape index (κ2) is 7.31. The molecule has 102 valence electrons. The van der Waals surface area contributed by atoms with E-state index in [2.05, 4.69) is 11.8 Å². The van der Waals surface area contributed by atoms with Gasteiger partial charge >= 0.3 is 0 Å². The van der Waals surface area contributed by atoms with Crippen molar-refractivity contribution in [3.63, 3.8) is 0 Å². The second-order valence-electron chi connectivity index (χ2n) is 5.34. The molecule has 0 aromatic rings. The highest BCUT2D eigenvalue weighted by Gasteiger charge is 2.32. The highest BCUT2D eigenvalue weighted by molar-refractivity contribution is 4.93. The Labute approximate surface area is 105 Å². The van der Waals surface area contributed by atoms with Crippen molar-refractivity contribution in [1.29, 1.82) is 0 Å². The normalized spacial score (nSPS) is 21.0. The first-order valence-corrected chi connectivity index (χ1v) is 6.62. The van der Waals surface area contributed by atoms with Crippen LogP contribution in [0.2, 0.25) is 0 Å². The minimum atomic E-state index is 0.00967. The third kappa shape index (κ3) is 4.92. The molecule has 1 aliphatic rings. The largest absolute Gasteiger partial charge is 0.383 e. The Balaban J connectivity index is 2.49. The summed E-state index contributed by atoms with van der Waals surface area (Å²) in [5.74, 6) is 0. The smallest absolute Gasteiger partial charge is 0.0615 e. The summed E-state index contributed by atoms with van der Waals surface area (Å²) < 4.78 is 10.4. The number of methoxy groups -OCH3 is 2. The molecule has 0 bridgehead atoms. The molecular formula is C13H28N2O2. The van der Waals surface area contributed by atoms with Crippen molar-refractivity contribution >= 4 is 0 Å². The van der Waals surface area contributed by atoms with Crippen LogP contribution in [0.4, 0.5) is 0 Å². The molecule has 1 rings (SSSR count). The first kappa shape index (κ1) is 14.9. The average molecular weight is 244 g/mol. The summed E-state index contributed by atoms with van der Waals surface area (Å²) in [6, 6.07) is 0.399. The Morgan fingerprint density at radius 3 is 2.41 bits per heavy atom. The van der Waals surface area contributed by atoms with Gasteiger partial charge in [-0.3, -0.25) is 4.90 Å². The van der Waals surface area contributed by atoms with Crippen molar-refractivity contribution < 1.29 is 9.47 Å². The molecule has 1 atom stereocenters. The molecule has 1 fully saturated rings. The number of ether oxygens (including phenoxy) is 2. The molecule has 0 spiro atoms. The Morgan fingerprint density at radius 2 is 1.88 bits per heavy atom. The van der Waals surface area contributed by atoms with Crippen LogP contribution >= 0.6 is 0 Å². The molecule has 0 saturated heterocycles. The zero-order valence-corrected chi connectivity index (χ0v) is 11.6. The first-order valence-electron chi connectivity index (χ1n) is 6.62. The lowest BCUT2D eigenvalue weighted by Crippen LogP contribution is -2.52. The van der Waals surface area contributed by atoms with Gasteiger partial charge in [-0.1, -0.05) is 12.8 Å². The van der Waals surface area contributed by atoms with Gasteiger partial charge in [-0.2, -0.15) is 0 Å². The Bertz CT molecular complexity index is 206. The highest BCUT2D eigenvalue weighted by Crippen LogP contribution is 2.28. The molecule has 0 aliphatic heterocycles. The van der Waals surface area contributed by atoms with Crippen molar-refractivity contribution in [2.75, 3.05) is 40.5 Å². The van der Waals surface area contributed by atoms with Gasteiger partial charge < -0.3 is 15.2 Å². The zero-order chi connectivity index (χ0) is 12.7. The van der Waals surface area contributed by atoms with E-state index in [0.717, 1.165) is 39.1 Å². The van der Waals surface area contributed by atoms with Crippen LogP contribution in [0.5, 0.6) is 0 Å². The topological polar surface area (TPSA) is 47.7 Å². The van der Waals surface area contributed by atoms with Crippen molar-refractivity contribution in [3.8, 4) is 0 Å². The molecule has 17 heavy (non-hydrogen) atoms. The Kier molecular flexibility index (Phi) is 6.41. The number of hydrogen-bond donors (Lipinski definition) is 1. The number of rotatable bonds is 8. The molecule has 0 radical (unpaired) electrons. The van der Waals surface area contributed by atoms with Crippen molar-refractivity contribution in [3.05, 3.63) is 0 Å². The maximum Gasteiger partial charge on any atom is 0.0615 e. The molecule has 4 nitrogen and oxygen atoms in total.